The molecule has 17 heavy (non-hydrogen) atoms. The molecule has 1 N–H and O–H groups in total. The van der Waals surface area contributed by atoms with Crippen LogP contribution in [0.15, 0.2) is 12.3 Å². The Morgan fingerprint density at radius 2 is 2.35 bits per heavy atom. The van der Waals surface area contributed by atoms with Crippen molar-refractivity contribution in [3.8, 4) is 0 Å². The molecule has 1 aromatic rings. The highest BCUT2D eigenvalue weighted by Gasteiger charge is 2.29. The molecule has 0 bridgehead atoms. The fraction of sp³-hybridized carbons (Fsp3) is 0.545. The Morgan fingerprint density at radius 1 is 1.59 bits per heavy atom. The highest BCUT2D eigenvalue weighted by atomic mass is 16.4. The lowest BCUT2D eigenvalue weighted by molar-refractivity contribution is -0.138. The molecule has 1 aliphatic heterocycles. The molecule has 0 aliphatic carbocycles. The average molecular weight is 237 g/mol. The second-order valence-electron chi connectivity index (χ2n) is 4.34. The summed E-state index contributed by atoms with van der Waals surface area (Å²) in [4.78, 5) is 24.4. The van der Waals surface area contributed by atoms with Crippen LogP contribution >= 0.6 is 0 Å². The topological polar surface area (TPSA) is 75.4 Å². The highest BCUT2D eigenvalue weighted by Crippen LogP contribution is 2.21. The largest absolute Gasteiger partial charge is 0.481 e. The lowest BCUT2D eigenvalue weighted by atomic mass is 10.1. The summed E-state index contributed by atoms with van der Waals surface area (Å²) in [6.07, 6.45) is 2.48. The number of rotatable bonds is 3. The predicted molar refractivity (Wildman–Crippen MR) is 59.5 cm³/mol. The number of carbonyl (C=O) groups excluding carboxylic acids is 1. The molecule has 1 atom stereocenters. The molecule has 1 saturated heterocycles. The van der Waals surface area contributed by atoms with E-state index in [2.05, 4.69) is 5.10 Å². The first kappa shape index (κ1) is 11.6. The summed E-state index contributed by atoms with van der Waals surface area (Å²) in [6, 6.07) is 1.67. The van der Waals surface area contributed by atoms with Crippen LogP contribution in [0, 0.1) is 5.92 Å². The maximum absolute atomic E-state index is 12.1. The first-order chi connectivity index (χ1) is 8.08. The average Bonchev–Trinajstić information content (AvgIpc) is 2.85. The minimum atomic E-state index is -0.801. The molecule has 2 rings (SSSR count). The normalized spacial score (nSPS) is 19.6. The third-order valence-electron chi connectivity index (χ3n) is 3.08. The molecule has 1 aliphatic rings. The third kappa shape index (κ3) is 2.46. The van der Waals surface area contributed by atoms with Crippen LogP contribution < -0.4 is 0 Å². The van der Waals surface area contributed by atoms with E-state index >= 15 is 0 Å². The van der Waals surface area contributed by atoms with Crippen LogP contribution in [0.1, 0.15) is 23.3 Å². The summed E-state index contributed by atoms with van der Waals surface area (Å²) < 4.78 is 1.53. The molecule has 1 aromatic heterocycles. The Morgan fingerprint density at radius 3 is 2.94 bits per heavy atom. The van der Waals surface area contributed by atoms with E-state index in [0.29, 0.717) is 18.8 Å². The molecule has 0 radical (unpaired) electrons. The molecule has 0 aromatic carbocycles. The Kier molecular flexibility index (Phi) is 3.12. The molecule has 0 saturated carbocycles. The van der Waals surface area contributed by atoms with Crippen LogP contribution in [0.25, 0.3) is 0 Å². The SMILES string of the molecule is Cn1nccc1C(=O)N1CCC(CC(=O)O)C1. The van der Waals surface area contributed by atoms with Crippen molar-refractivity contribution in [1.82, 2.24) is 14.7 Å². The first-order valence-corrected chi connectivity index (χ1v) is 5.57. The zero-order chi connectivity index (χ0) is 12.4. The van der Waals surface area contributed by atoms with Crippen LogP contribution in [0.3, 0.4) is 0 Å². The molecule has 1 fully saturated rings. The van der Waals surface area contributed by atoms with Crippen molar-refractivity contribution in [2.45, 2.75) is 12.8 Å². The van der Waals surface area contributed by atoms with Crippen molar-refractivity contribution in [3.63, 3.8) is 0 Å². The van der Waals surface area contributed by atoms with Crippen LogP contribution in [0.4, 0.5) is 0 Å². The van der Waals surface area contributed by atoms with E-state index in [1.807, 2.05) is 0 Å². The Balaban J connectivity index is 1.99. The van der Waals surface area contributed by atoms with Crippen molar-refractivity contribution in [2.24, 2.45) is 13.0 Å². The Bertz CT molecular complexity index is 441. The van der Waals surface area contributed by atoms with Gasteiger partial charge in [0.2, 0.25) is 0 Å². The van der Waals surface area contributed by atoms with E-state index in [1.165, 1.54) is 4.68 Å². The molecule has 1 unspecified atom stereocenters. The van der Waals surface area contributed by atoms with Gasteiger partial charge in [-0.05, 0) is 18.4 Å². The molecular formula is C11H15N3O3. The number of nitrogens with zero attached hydrogens (tertiary/aromatic N) is 3. The van der Waals surface area contributed by atoms with Gasteiger partial charge in [-0.2, -0.15) is 5.10 Å². The van der Waals surface area contributed by atoms with Gasteiger partial charge in [0.25, 0.3) is 5.91 Å². The molecule has 2 heterocycles. The molecule has 0 spiro atoms. The molecule has 6 heteroatoms. The van der Waals surface area contributed by atoms with Gasteiger partial charge in [0, 0.05) is 32.8 Å². The van der Waals surface area contributed by atoms with E-state index in [-0.39, 0.29) is 18.2 Å². The summed E-state index contributed by atoms with van der Waals surface area (Å²) >= 11 is 0. The number of amides is 1. The van der Waals surface area contributed by atoms with Gasteiger partial charge in [0.15, 0.2) is 0 Å². The maximum Gasteiger partial charge on any atom is 0.303 e. The van der Waals surface area contributed by atoms with Gasteiger partial charge in [0.1, 0.15) is 5.69 Å². The number of hydrogen-bond acceptors (Lipinski definition) is 3. The minimum Gasteiger partial charge on any atom is -0.481 e. The van der Waals surface area contributed by atoms with E-state index in [0.717, 1.165) is 6.42 Å². The van der Waals surface area contributed by atoms with Gasteiger partial charge in [-0.1, -0.05) is 0 Å². The van der Waals surface area contributed by atoms with Gasteiger partial charge >= 0.3 is 5.97 Å². The monoisotopic (exact) mass is 237 g/mol. The van der Waals surface area contributed by atoms with E-state index in [1.54, 1.807) is 24.2 Å². The van der Waals surface area contributed by atoms with Gasteiger partial charge < -0.3 is 10.0 Å². The zero-order valence-electron chi connectivity index (χ0n) is 9.67. The smallest absolute Gasteiger partial charge is 0.303 e. The number of aryl methyl sites for hydroxylation is 1. The summed E-state index contributed by atoms with van der Waals surface area (Å²) in [5.41, 5.74) is 0.543. The Hall–Kier alpha value is -1.85. The molecular weight excluding hydrogens is 222 g/mol. The van der Waals surface area contributed by atoms with Gasteiger partial charge in [-0.25, -0.2) is 0 Å². The number of aliphatic carboxylic acids is 1. The van der Waals surface area contributed by atoms with Crippen LogP contribution in [-0.4, -0.2) is 44.8 Å². The molecule has 1 amide bonds. The number of hydrogen-bond donors (Lipinski definition) is 1. The summed E-state index contributed by atoms with van der Waals surface area (Å²) in [7, 11) is 1.72. The minimum absolute atomic E-state index is 0.0714. The second kappa shape index (κ2) is 4.57. The van der Waals surface area contributed by atoms with Gasteiger partial charge in [-0.3, -0.25) is 14.3 Å². The fourth-order valence-corrected chi connectivity index (χ4v) is 2.18. The third-order valence-corrected chi connectivity index (χ3v) is 3.08. The maximum atomic E-state index is 12.1. The summed E-state index contributed by atoms with van der Waals surface area (Å²) in [6.45, 7) is 1.15. The number of carbonyl (C=O) groups is 2. The van der Waals surface area contributed by atoms with Crippen LogP contribution in [-0.2, 0) is 11.8 Å². The van der Waals surface area contributed by atoms with E-state index in [4.69, 9.17) is 5.11 Å². The van der Waals surface area contributed by atoms with Crippen LogP contribution in [0.2, 0.25) is 0 Å². The number of carboxylic acids is 1. The lowest BCUT2D eigenvalue weighted by Crippen LogP contribution is -2.30. The fourth-order valence-electron chi connectivity index (χ4n) is 2.18. The lowest BCUT2D eigenvalue weighted by Gasteiger charge is -2.15. The number of carboxylic acid groups (broad SMARTS) is 1. The highest BCUT2D eigenvalue weighted by molar-refractivity contribution is 5.92. The summed E-state index contributed by atoms with van der Waals surface area (Å²) in [5.74, 6) is -0.799. The standard InChI is InChI=1S/C11H15N3O3/c1-13-9(2-4-12-13)11(17)14-5-3-8(7-14)6-10(15)16/h2,4,8H,3,5-7H2,1H3,(H,15,16). The van der Waals surface area contributed by atoms with Crippen molar-refractivity contribution < 1.29 is 14.7 Å². The van der Waals surface area contributed by atoms with Crippen molar-refractivity contribution in [3.05, 3.63) is 18.0 Å². The Labute approximate surface area is 98.8 Å². The van der Waals surface area contributed by atoms with Crippen LogP contribution in [0.5, 0.6) is 0 Å². The molecule has 92 valence electrons. The van der Waals surface area contributed by atoms with E-state index < -0.39 is 5.97 Å². The quantitative estimate of drug-likeness (QED) is 0.823. The van der Waals surface area contributed by atoms with Crippen molar-refractivity contribution >= 4 is 11.9 Å². The van der Waals surface area contributed by atoms with E-state index in [9.17, 15) is 9.59 Å². The predicted octanol–water partition coefficient (Wildman–Crippen LogP) is 0.357. The zero-order valence-corrected chi connectivity index (χ0v) is 9.67. The second-order valence-corrected chi connectivity index (χ2v) is 4.34. The van der Waals surface area contributed by atoms with Gasteiger partial charge in [0.05, 0.1) is 0 Å². The number of aromatic nitrogens is 2. The molecule has 6 nitrogen and oxygen atoms in total. The van der Waals surface area contributed by atoms with Crippen molar-refractivity contribution in [2.75, 3.05) is 13.1 Å². The number of likely N-dealkylation sites (tertiary alicyclic amines) is 1. The van der Waals surface area contributed by atoms with Gasteiger partial charge in [-0.15, -0.1) is 0 Å². The van der Waals surface area contributed by atoms with Crippen molar-refractivity contribution in [1.29, 1.82) is 0 Å². The summed E-state index contributed by atoms with van der Waals surface area (Å²) in [5, 5.41) is 12.7. The first-order valence-electron chi connectivity index (χ1n) is 5.57.